The summed E-state index contributed by atoms with van der Waals surface area (Å²) < 4.78 is 34.9. The summed E-state index contributed by atoms with van der Waals surface area (Å²) in [4.78, 5) is 12.4. The van der Waals surface area contributed by atoms with Gasteiger partial charge in [0.1, 0.15) is 18.1 Å². The molecule has 1 N–H and O–H groups in total. The number of anilines is 1. The van der Waals surface area contributed by atoms with Crippen molar-refractivity contribution in [2.75, 3.05) is 11.9 Å². The van der Waals surface area contributed by atoms with Gasteiger partial charge in [-0.1, -0.05) is 18.2 Å². The highest BCUT2D eigenvalue weighted by atomic mass is 19.3. The zero-order valence-corrected chi connectivity index (χ0v) is 12.8. The minimum absolute atomic E-state index is 0.0101. The molecule has 1 heterocycles. The molecule has 0 aromatic heterocycles. The molecule has 0 spiro atoms. The molecule has 0 saturated carbocycles. The fraction of sp³-hybridized carbons (Fsp3) is 0.111. The first kappa shape index (κ1) is 16.5. The third kappa shape index (κ3) is 3.75. The molecular formula is C18H12F2N2O3. The van der Waals surface area contributed by atoms with E-state index in [1.54, 1.807) is 18.2 Å². The van der Waals surface area contributed by atoms with Crippen molar-refractivity contribution < 1.29 is 23.0 Å². The fourth-order valence-electron chi connectivity index (χ4n) is 2.35. The highest BCUT2D eigenvalue weighted by Gasteiger charge is 2.19. The van der Waals surface area contributed by atoms with E-state index in [-0.39, 0.29) is 23.6 Å². The topological polar surface area (TPSA) is 71.3 Å². The van der Waals surface area contributed by atoms with Gasteiger partial charge in [0.2, 0.25) is 0 Å². The Morgan fingerprint density at radius 1 is 1.28 bits per heavy atom. The van der Waals surface area contributed by atoms with E-state index in [0.29, 0.717) is 11.3 Å². The Bertz CT molecular complexity index is 888. The molecule has 0 aliphatic carbocycles. The second-order valence-corrected chi connectivity index (χ2v) is 5.15. The van der Waals surface area contributed by atoms with E-state index >= 15 is 0 Å². The van der Waals surface area contributed by atoms with Gasteiger partial charge in [0.05, 0.1) is 22.9 Å². The molecule has 1 aliphatic heterocycles. The van der Waals surface area contributed by atoms with Crippen molar-refractivity contribution in [2.24, 2.45) is 0 Å². The SMILES string of the molecule is N#Cc1ccc(OC(F)F)c(NC(=O)C2=Cc3ccccc3OC2)c1. The number of para-hydroxylation sites is 1. The molecule has 0 atom stereocenters. The van der Waals surface area contributed by atoms with Crippen LogP contribution < -0.4 is 14.8 Å². The summed E-state index contributed by atoms with van der Waals surface area (Å²) in [5.74, 6) is -0.0870. The molecule has 3 rings (SSSR count). The molecule has 1 aliphatic rings. The molecule has 5 nitrogen and oxygen atoms in total. The van der Waals surface area contributed by atoms with Crippen LogP contribution in [0.4, 0.5) is 14.5 Å². The van der Waals surface area contributed by atoms with Gasteiger partial charge in [0, 0.05) is 5.56 Å². The predicted octanol–water partition coefficient (Wildman–Crippen LogP) is 3.57. The standard InChI is InChI=1S/C18H12F2N2O3/c19-18(20)25-16-6-5-11(9-21)7-14(16)22-17(23)13-8-12-3-1-2-4-15(12)24-10-13/h1-8,18H,10H2,(H,22,23). The monoisotopic (exact) mass is 342 g/mol. The molecule has 126 valence electrons. The zero-order valence-electron chi connectivity index (χ0n) is 12.8. The van der Waals surface area contributed by atoms with Gasteiger partial charge >= 0.3 is 6.61 Å². The number of ether oxygens (including phenoxy) is 2. The lowest BCUT2D eigenvalue weighted by atomic mass is 10.1. The van der Waals surface area contributed by atoms with E-state index in [4.69, 9.17) is 10.00 Å². The Morgan fingerprint density at radius 2 is 2.08 bits per heavy atom. The molecule has 25 heavy (non-hydrogen) atoms. The number of halogens is 2. The molecule has 2 aromatic carbocycles. The maximum absolute atomic E-state index is 12.5. The lowest BCUT2D eigenvalue weighted by molar-refractivity contribution is -0.113. The lowest BCUT2D eigenvalue weighted by Gasteiger charge is -2.18. The van der Waals surface area contributed by atoms with Crippen molar-refractivity contribution >= 4 is 17.7 Å². The first-order valence-corrected chi connectivity index (χ1v) is 7.29. The van der Waals surface area contributed by atoms with Gasteiger partial charge in [-0.15, -0.1) is 0 Å². The average Bonchev–Trinajstić information content (AvgIpc) is 2.62. The van der Waals surface area contributed by atoms with Crippen molar-refractivity contribution in [3.63, 3.8) is 0 Å². The van der Waals surface area contributed by atoms with Crippen molar-refractivity contribution in [3.8, 4) is 17.6 Å². The van der Waals surface area contributed by atoms with Gasteiger partial charge in [-0.2, -0.15) is 14.0 Å². The number of hydrogen-bond acceptors (Lipinski definition) is 4. The van der Waals surface area contributed by atoms with Gasteiger partial charge in [-0.3, -0.25) is 4.79 Å². The first-order valence-electron chi connectivity index (χ1n) is 7.29. The van der Waals surface area contributed by atoms with Crippen molar-refractivity contribution in [1.82, 2.24) is 0 Å². The van der Waals surface area contributed by atoms with Crippen molar-refractivity contribution in [2.45, 2.75) is 6.61 Å². The van der Waals surface area contributed by atoms with E-state index in [1.807, 2.05) is 18.2 Å². The normalized spacial score (nSPS) is 12.5. The third-order valence-electron chi connectivity index (χ3n) is 3.50. The molecule has 2 aromatic rings. The number of nitriles is 1. The fourth-order valence-corrected chi connectivity index (χ4v) is 2.35. The smallest absolute Gasteiger partial charge is 0.387 e. The van der Waals surface area contributed by atoms with E-state index in [1.165, 1.54) is 18.2 Å². The number of benzene rings is 2. The molecule has 0 radical (unpaired) electrons. The molecule has 0 fully saturated rings. The highest BCUT2D eigenvalue weighted by Crippen LogP contribution is 2.30. The number of nitrogens with zero attached hydrogens (tertiary/aromatic N) is 1. The Hall–Kier alpha value is -3.40. The zero-order chi connectivity index (χ0) is 17.8. The quantitative estimate of drug-likeness (QED) is 0.922. The molecule has 7 heteroatoms. The summed E-state index contributed by atoms with van der Waals surface area (Å²) in [6.07, 6.45) is 1.66. The maximum atomic E-state index is 12.5. The van der Waals surface area contributed by atoms with Crippen LogP contribution >= 0.6 is 0 Å². The number of carbonyl (C=O) groups is 1. The van der Waals surface area contributed by atoms with Crippen LogP contribution in [0.1, 0.15) is 11.1 Å². The molecule has 0 bridgehead atoms. The maximum Gasteiger partial charge on any atom is 0.387 e. The third-order valence-corrected chi connectivity index (χ3v) is 3.50. The lowest BCUT2D eigenvalue weighted by Crippen LogP contribution is -2.21. The summed E-state index contributed by atoms with van der Waals surface area (Å²) in [5.41, 5.74) is 1.26. The summed E-state index contributed by atoms with van der Waals surface area (Å²) in [5, 5.41) is 11.4. The van der Waals surface area contributed by atoms with Crippen molar-refractivity contribution in [3.05, 3.63) is 59.2 Å². The summed E-state index contributed by atoms with van der Waals surface area (Å²) >= 11 is 0. The number of nitrogens with one attached hydrogen (secondary N) is 1. The number of fused-ring (bicyclic) bond motifs is 1. The molecule has 1 amide bonds. The minimum atomic E-state index is -3.05. The van der Waals surface area contributed by atoms with Gasteiger partial charge in [0.15, 0.2) is 0 Å². The van der Waals surface area contributed by atoms with Crippen LogP contribution in [0.5, 0.6) is 11.5 Å². The molecule has 0 saturated heterocycles. The van der Waals surface area contributed by atoms with Crippen LogP contribution in [-0.4, -0.2) is 19.1 Å². The van der Waals surface area contributed by atoms with E-state index in [9.17, 15) is 13.6 Å². The minimum Gasteiger partial charge on any atom is -0.488 e. The average molecular weight is 342 g/mol. The largest absolute Gasteiger partial charge is 0.488 e. The summed E-state index contributed by atoms with van der Waals surface area (Å²) in [7, 11) is 0. The van der Waals surface area contributed by atoms with Gasteiger partial charge in [0.25, 0.3) is 5.91 Å². The van der Waals surface area contributed by atoms with Crippen LogP contribution in [0.3, 0.4) is 0 Å². The van der Waals surface area contributed by atoms with E-state index in [2.05, 4.69) is 10.1 Å². The Balaban J connectivity index is 1.86. The van der Waals surface area contributed by atoms with E-state index in [0.717, 1.165) is 5.56 Å². The van der Waals surface area contributed by atoms with Crippen LogP contribution in [0.25, 0.3) is 6.08 Å². The van der Waals surface area contributed by atoms with Gasteiger partial charge < -0.3 is 14.8 Å². The van der Waals surface area contributed by atoms with Crippen LogP contribution in [-0.2, 0) is 4.79 Å². The number of alkyl halides is 2. The highest BCUT2D eigenvalue weighted by molar-refractivity contribution is 6.08. The van der Waals surface area contributed by atoms with Gasteiger partial charge in [-0.25, -0.2) is 0 Å². The van der Waals surface area contributed by atoms with Crippen molar-refractivity contribution in [1.29, 1.82) is 5.26 Å². The molecular weight excluding hydrogens is 330 g/mol. The second kappa shape index (κ2) is 7.01. The predicted molar refractivity (Wildman–Crippen MR) is 86.3 cm³/mol. The summed E-state index contributed by atoms with van der Waals surface area (Å²) in [6, 6.07) is 12.9. The summed E-state index contributed by atoms with van der Waals surface area (Å²) in [6.45, 7) is -3.00. The first-order chi connectivity index (χ1) is 12.1. The second-order valence-electron chi connectivity index (χ2n) is 5.15. The number of amides is 1. The van der Waals surface area contributed by atoms with Crippen LogP contribution in [0, 0.1) is 11.3 Å². The van der Waals surface area contributed by atoms with Crippen LogP contribution in [0.15, 0.2) is 48.0 Å². The Labute approximate surface area is 142 Å². The van der Waals surface area contributed by atoms with Gasteiger partial charge in [-0.05, 0) is 30.3 Å². The van der Waals surface area contributed by atoms with E-state index < -0.39 is 12.5 Å². The van der Waals surface area contributed by atoms with Crippen LogP contribution in [0.2, 0.25) is 0 Å². The molecule has 0 unspecified atom stereocenters. The number of rotatable bonds is 4. The number of carbonyl (C=O) groups excluding carboxylic acids is 1. The number of hydrogen-bond donors (Lipinski definition) is 1. The Kier molecular flexibility index (Phi) is 4.61. The Morgan fingerprint density at radius 3 is 2.84 bits per heavy atom.